The first kappa shape index (κ1) is 14.6. The summed E-state index contributed by atoms with van der Waals surface area (Å²) in [5, 5.41) is 8.31. The van der Waals surface area contributed by atoms with Gasteiger partial charge in [0.1, 0.15) is 0 Å². The van der Waals surface area contributed by atoms with Crippen LogP contribution in [0.1, 0.15) is 33.1 Å². The summed E-state index contributed by atoms with van der Waals surface area (Å²) in [7, 11) is -3.43. The SMILES string of the molecule is CCCOP(=O)(OCCC)OCCC#N. The van der Waals surface area contributed by atoms with Gasteiger partial charge in [0.15, 0.2) is 0 Å². The summed E-state index contributed by atoms with van der Waals surface area (Å²) >= 11 is 0. The van der Waals surface area contributed by atoms with Crippen molar-refractivity contribution in [2.75, 3.05) is 19.8 Å². The van der Waals surface area contributed by atoms with Gasteiger partial charge >= 0.3 is 7.82 Å². The Bertz CT molecular complexity index is 227. The van der Waals surface area contributed by atoms with Gasteiger partial charge in [0.25, 0.3) is 0 Å². The number of phosphoric ester groups is 1. The van der Waals surface area contributed by atoms with E-state index in [1.54, 1.807) is 0 Å². The van der Waals surface area contributed by atoms with E-state index in [-0.39, 0.29) is 13.0 Å². The molecule has 0 aromatic rings. The summed E-state index contributed by atoms with van der Waals surface area (Å²) in [5.74, 6) is 0. The molecule has 0 bridgehead atoms. The molecule has 0 saturated carbocycles. The van der Waals surface area contributed by atoms with E-state index >= 15 is 0 Å². The number of hydrogen-bond acceptors (Lipinski definition) is 5. The molecule has 0 aliphatic rings. The van der Waals surface area contributed by atoms with Crippen molar-refractivity contribution < 1.29 is 18.1 Å². The van der Waals surface area contributed by atoms with Crippen LogP contribution in [0.4, 0.5) is 0 Å². The van der Waals surface area contributed by atoms with Crippen molar-refractivity contribution >= 4 is 7.82 Å². The lowest BCUT2D eigenvalue weighted by Gasteiger charge is -2.16. The van der Waals surface area contributed by atoms with E-state index in [0.717, 1.165) is 12.8 Å². The van der Waals surface area contributed by atoms with Crippen LogP contribution in [0.25, 0.3) is 0 Å². The predicted octanol–water partition coefficient (Wildman–Crippen LogP) is 2.88. The third-order valence-corrected chi connectivity index (χ3v) is 2.87. The second-order valence-electron chi connectivity index (χ2n) is 2.85. The average Bonchev–Trinajstić information content (AvgIpc) is 2.24. The molecule has 0 aromatic heterocycles. The first-order valence-corrected chi connectivity index (χ1v) is 6.55. The minimum Gasteiger partial charge on any atom is -0.287 e. The van der Waals surface area contributed by atoms with E-state index < -0.39 is 7.82 Å². The highest BCUT2D eigenvalue weighted by Gasteiger charge is 2.25. The number of nitrogens with zero attached hydrogens (tertiary/aromatic N) is 1. The Morgan fingerprint density at radius 1 is 1.07 bits per heavy atom. The van der Waals surface area contributed by atoms with Gasteiger partial charge in [-0.15, -0.1) is 0 Å². The monoisotopic (exact) mass is 235 g/mol. The minimum absolute atomic E-state index is 0.0706. The van der Waals surface area contributed by atoms with Gasteiger partial charge in [0.05, 0.1) is 32.3 Å². The van der Waals surface area contributed by atoms with Crippen LogP contribution in [-0.4, -0.2) is 19.8 Å². The molecule has 0 atom stereocenters. The molecule has 0 unspecified atom stereocenters. The van der Waals surface area contributed by atoms with Crippen molar-refractivity contribution in [2.24, 2.45) is 0 Å². The fraction of sp³-hybridized carbons (Fsp3) is 0.889. The molecule has 0 rings (SSSR count). The Morgan fingerprint density at radius 3 is 1.93 bits per heavy atom. The first-order valence-electron chi connectivity index (χ1n) is 5.09. The van der Waals surface area contributed by atoms with Crippen LogP contribution in [0, 0.1) is 11.3 Å². The number of rotatable bonds is 9. The van der Waals surface area contributed by atoms with E-state index in [9.17, 15) is 4.57 Å². The summed E-state index contributed by atoms with van der Waals surface area (Å²) in [4.78, 5) is 0. The number of nitriles is 1. The first-order chi connectivity index (χ1) is 7.18. The second-order valence-corrected chi connectivity index (χ2v) is 4.52. The zero-order valence-corrected chi connectivity index (χ0v) is 10.2. The van der Waals surface area contributed by atoms with E-state index in [4.69, 9.17) is 18.8 Å². The van der Waals surface area contributed by atoms with Crippen LogP contribution in [0.3, 0.4) is 0 Å². The molecule has 0 spiro atoms. The molecule has 0 radical (unpaired) electrons. The third-order valence-electron chi connectivity index (χ3n) is 1.37. The Labute approximate surface area is 90.9 Å². The van der Waals surface area contributed by atoms with Crippen LogP contribution in [-0.2, 0) is 18.1 Å². The maximum Gasteiger partial charge on any atom is 0.474 e. The fourth-order valence-corrected chi connectivity index (χ4v) is 2.07. The standard InChI is InChI=1S/C9H18NO4P/c1-3-7-12-15(11,13-8-4-2)14-9-5-6-10/h3-5,7-9H2,1-2H3. The van der Waals surface area contributed by atoms with Gasteiger partial charge < -0.3 is 0 Å². The van der Waals surface area contributed by atoms with Crippen molar-refractivity contribution in [3.63, 3.8) is 0 Å². The van der Waals surface area contributed by atoms with Gasteiger partial charge in [-0.2, -0.15) is 5.26 Å². The molecule has 0 N–H and O–H groups in total. The van der Waals surface area contributed by atoms with Crippen molar-refractivity contribution in [1.82, 2.24) is 0 Å². The molecular formula is C9H18NO4P. The van der Waals surface area contributed by atoms with Crippen LogP contribution in [0.5, 0.6) is 0 Å². The Hall–Kier alpha value is -0.400. The smallest absolute Gasteiger partial charge is 0.287 e. The molecule has 6 heteroatoms. The second kappa shape index (κ2) is 8.87. The lowest BCUT2D eigenvalue weighted by molar-refractivity contribution is 0.115. The van der Waals surface area contributed by atoms with Gasteiger partial charge in [-0.1, -0.05) is 13.8 Å². The van der Waals surface area contributed by atoms with Crippen molar-refractivity contribution in [1.29, 1.82) is 5.26 Å². The van der Waals surface area contributed by atoms with Crippen molar-refractivity contribution in [3.8, 4) is 6.07 Å². The number of hydrogen-bond donors (Lipinski definition) is 0. The molecule has 0 aliphatic heterocycles. The maximum atomic E-state index is 11.8. The van der Waals surface area contributed by atoms with Crippen LogP contribution >= 0.6 is 7.82 Å². The molecule has 0 aliphatic carbocycles. The lowest BCUT2D eigenvalue weighted by atomic mass is 10.5. The van der Waals surface area contributed by atoms with E-state index in [2.05, 4.69) is 0 Å². The van der Waals surface area contributed by atoms with Gasteiger partial charge in [-0.3, -0.25) is 13.6 Å². The quantitative estimate of drug-likeness (QED) is 0.454. The highest BCUT2D eigenvalue weighted by atomic mass is 31.2. The van der Waals surface area contributed by atoms with Crippen LogP contribution in [0.2, 0.25) is 0 Å². The molecule has 0 aromatic carbocycles. The molecular weight excluding hydrogens is 217 g/mol. The summed E-state index contributed by atoms with van der Waals surface area (Å²) in [6.07, 6.45) is 1.65. The molecule has 0 heterocycles. The summed E-state index contributed by atoms with van der Waals surface area (Å²) in [5.41, 5.74) is 0. The lowest BCUT2D eigenvalue weighted by Crippen LogP contribution is -2.02. The molecule has 5 nitrogen and oxygen atoms in total. The van der Waals surface area contributed by atoms with Crippen LogP contribution in [0.15, 0.2) is 0 Å². The molecule has 0 amide bonds. The molecule has 0 fully saturated rings. The third kappa shape index (κ3) is 7.52. The van der Waals surface area contributed by atoms with E-state index in [1.165, 1.54) is 0 Å². The van der Waals surface area contributed by atoms with Crippen molar-refractivity contribution in [3.05, 3.63) is 0 Å². The summed E-state index contributed by atoms with van der Waals surface area (Å²) < 4.78 is 26.9. The average molecular weight is 235 g/mol. The van der Waals surface area contributed by atoms with Crippen molar-refractivity contribution in [2.45, 2.75) is 33.1 Å². The molecule has 0 saturated heterocycles. The highest BCUT2D eigenvalue weighted by Crippen LogP contribution is 2.49. The van der Waals surface area contributed by atoms with Gasteiger partial charge in [0.2, 0.25) is 0 Å². The normalized spacial score (nSPS) is 11.3. The summed E-state index contributed by atoms with van der Waals surface area (Å²) in [6.45, 7) is 4.53. The maximum absolute atomic E-state index is 11.8. The van der Waals surface area contributed by atoms with E-state index in [0.29, 0.717) is 13.2 Å². The molecule has 15 heavy (non-hydrogen) atoms. The topological polar surface area (TPSA) is 68.6 Å². The Morgan fingerprint density at radius 2 is 1.53 bits per heavy atom. The molecule has 88 valence electrons. The number of phosphoric acid groups is 1. The van der Waals surface area contributed by atoms with Gasteiger partial charge in [-0.25, -0.2) is 4.57 Å². The Balaban J connectivity index is 4.03. The minimum atomic E-state index is -3.43. The zero-order valence-electron chi connectivity index (χ0n) is 9.27. The fourth-order valence-electron chi connectivity index (χ4n) is 0.721. The zero-order chi connectivity index (χ0) is 11.6. The van der Waals surface area contributed by atoms with Crippen LogP contribution < -0.4 is 0 Å². The Kier molecular flexibility index (Phi) is 8.64. The largest absolute Gasteiger partial charge is 0.474 e. The summed E-state index contributed by atoms with van der Waals surface area (Å²) in [6, 6.07) is 1.90. The highest BCUT2D eigenvalue weighted by molar-refractivity contribution is 7.48. The van der Waals surface area contributed by atoms with Gasteiger partial charge in [0, 0.05) is 0 Å². The van der Waals surface area contributed by atoms with Gasteiger partial charge in [-0.05, 0) is 12.8 Å². The predicted molar refractivity (Wildman–Crippen MR) is 56.3 cm³/mol. The van der Waals surface area contributed by atoms with E-state index in [1.807, 2.05) is 19.9 Å².